The molecule has 1 aromatic rings. The zero-order chi connectivity index (χ0) is 18.4. The summed E-state index contributed by atoms with van der Waals surface area (Å²) in [6.45, 7) is 6.09. The summed E-state index contributed by atoms with van der Waals surface area (Å²) in [5.41, 5.74) is 1.19. The summed E-state index contributed by atoms with van der Waals surface area (Å²) in [5, 5.41) is 2.96. The molecule has 6 heteroatoms. The van der Waals surface area contributed by atoms with Gasteiger partial charge in [-0.15, -0.1) is 0 Å². The quantitative estimate of drug-likeness (QED) is 0.822. The molecule has 26 heavy (non-hydrogen) atoms. The first-order chi connectivity index (χ1) is 12.6. The van der Waals surface area contributed by atoms with Crippen molar-refractivity contribution in [2.45, 2.75) is 32.6 Å². The molecule has 2 aliphatic rings. The van der Waals surface area contributed by atoms with E-state index in [1.807, 2.05) is 41.0 Å². The molecule has 2 saturated heterocycles. The van der Waals surface area contributed by atoms with Crippen LogP contribution in [-0.2, 0) is 4.79 Å². The van der Waals surface area contributed by atoms with Gasteiger partial charge >= 0.3 is 6.03 Å². The van der Waals surface area contributed by atoms with Crippen molar-refractivity contribution in [3.63, 3.8) is 0 Å². The molecule has 3 rings (SSSR count). The first-order valence-electron chi connectivity index (χ1n) is 9.64. The number of piperidine rings is 1. The minimum Gasteiger partial charge on any atom is -0.492 e. The van der Waals surface area contributed by atoms with Crippen LogP contribution in [0.15, 0.2) is 24.3 Å². The summed E-state index contributed by atoms with van der Waals surface area (Å²) in [4.78, 5) is 28.5. The number of carbonyl (C=O) groups is 2. The number of likely N-dealkylation sites (tertiary alicyclic amines) is 2. The van der Waals surface area contributed by atoms with Gasteiger partial charge < -0.3 is 19.9 Å². The Morgan fingerprint density at radius 1 is 1.04 bits per heavy atom. The lowest BCUT2D eigenvalue weighted by molar-refractivity contribution is -0.126. The molecular weight excluding hydrogens is 330 g/mol. The summed E-state index contributed by atoms with van der Waals surface area (Å²) in [7, 11) is 0. The highest BCUT2D eigenvalue weighted by atomic mass is 16.5. The van der Waals surface area contributed by atoms with Crippen molar-refractivity contribution in [3.05, 3.63) is 29.8 Å². The minimum absolute atomic E-state index is 0.00278. The number of rotatable bonds is 5. The van der Waals surface area contributed by atoms with Crippen LogP contribution >= 0.6 is 0 Å². The zero-order valence-corrected chi connectivity index (χ0v) is 15.6. The van der Waals surface area contributed by atoms with Crippen molar-refractivity contribution in [2.75, 3.05) is 39.3 Å². The molecule has 142 valence electrons. The van der Waals surface area contributed by atoms with Crippen molar-refractivity contribution in [1.29, 1.82) is 0 Å². The van der Waals surface area contributed by atoms with E-state index in [1.54, 1.807) is 0 Å². The van der Waals surface area contributed by atoms with Gasteiger partial charge in [0.15, 0.2) is 0 Å². The Morgan fingerprint density at radius 2 is 1.65 bits per heavy atom. The lowest BCUT2D eigenvalue weighted by Crippen LogP contribution is -2.48. The molecule has 1 aromatic carbocycles. The summed E-state index contributed by atoms with van der Waals surface area (Å²) in [5.74, 6) is 0.890. The van der Waals surface area contributed by atoms with Crippen molar-refractivity contribution < 1.29 is 14.3 Å². The number of aryl methyl sites for hydroxylation is 1. The second kappa shape index (κ2) is 8.92. The first kappa shape index (κ1) is 18.5. The maximum absolute atomic E-state index is 12.4. The largest absolute Gasteiger partial charge is 0.492 e. The van der Waals surface area contributed by atoms with Crippen molar-refractivity contribution in [2.24, 2.45) is 5.92 Å². The van der Waals surface area contributed by atoms with Gasteiger partial charge in [-0.25, -0.2) is 4.79 Å². The molecule has 0 aliphatic carbocycles. The molecule has 3 amide bonds. The van der Waals surface area contributed by atoms with Crippen molar-refractivity contribution in [3.8, 4) is 5.75 Å². The van der Waals surface area contributed by atoms with Gasteiger partial charge in [-0.3, -0.25) is 4.79 Å². The Hall–Kier alpha value is -2.24. The smallest absolute Gasteiger partial charge is 0.319 e. The fourth-order valence-corrected chi connectivity index (χ4v) is 3.56. The Morgan fingerprint density at radius 3 is 2.31 bits per heavy atom. The zero-order valence-electron chi connectivity index (χ0n) is 15.6. The highest BCUT2D eigenvalue weighted by molar-refractivity contribution is 5.79. The van der Waals surface area contributed by atoms with Gasteiger partial charge in [0.2, 0.25) is 5.91 Å². The number of benzene rings is 1. The van der Waals surface area contributed by atoms with E-state index in [2.05, 4.69) is 5.32 Å². The SMILES string of the molecule is Cc1ccc(OCCNC(=O)C2CCN(C(=O)N3CCCC3)CC2)cc1. The number of hydrogen-bond acceptors (Lipinski definition) is 3. The van der Waals surface area contributed by atoms with Gasteiger partial charge in [0.05, 0.1) is 6.54 Å². The van der Waals surface area contributed by atoms with Gasteiger partial charge in [-0.05, 0) is 44.7 Å². The van der Waals surface area contributed by atoms with E-state index < -0.39 is 0 Å². The van der Waals surface area contributed by atoms with Crippen LogP contribution in [-0.4, -0.2) is 61.1 Å². The van der Waals surface area contributed by atoms with Crippen LogP contribution in [0.5, 0.6) is 5.75 Å². The fraction of sp³-hybridized carbons (Fsp3) is 0.600. The van der Waals surface area contributed by atoms with Crippen LogP contribution in [0.4, 0.5) is 4.79 Å². The Bertz CT molecular complexity index is 603. The second-order valence-corrected chi connectivity index (χ2v) is 7.19. The minimum atomic E-state index is -0.00278. The van der Waals surface area contributed by atoms with Gasteiger partial charge in [0.25, 0.3) is 0 Å². The molecule has 2 heterocycles. The first-order valence-corrected chi connectivity index (χ1v) is 9.64. The number of carbonyl (C=O) groups excluding carboxylic acids is 2. The average molecular weight is 359 g/mol. The number of nitrogens with one attached hydrogen (secondary N) is 1. The summed E-state index contributed by atoms with van der Waals surface area (Å²) in [6.07, 6.45) is 3.69. The molecule has 0 atom stereocenters. The lowest BCUT2D eigenvalue weighted by atomic mass is 9.96. The van der Waals surface area contributed by atoms with E-state index in [9.17, 15) is 9.59 Å². The molecule has 2 fully saturated rings. The average Bonchev–Trinajstić information content (AvgIpc) is 3.21. The van der Waals surface area contributed by atoms with Crippen LogP contribution < -0.4 is 10.1 Å². The third-order valence-corrected chi connectivity index (χ3v) is 5.20. The van der Waals surface area contributed by atoms with E-state index in [0.717, 1.165) is 44.5 Å². The molecule has 1 N–H and O–H groups in total. The maximum atomic E-state index is 12.4. The Kier molecular flexibility index (Phi) is 6.36. The highest BCUT2D eigenvalue weighted by Gasteiger charge is 2.30. The molecule has 6 nitrogen and oxygen atoms in total. The predicted molar refractivity (Wildman–Crippen MR) is 100 cm³/mol. The van der Waals surface area contributed by atoms with Crippen molar-refractivity contribution >= 4 is 11.9 Å². The molecule has 0 aromatic heterocycles. The molecular formula is C20H29N3O3. The lowest BCUT2D eigenvalue weighted by Gasteiger charge is -2.34. The topological polar surface area (TPSA) is 61.9 Å². The third kappa shape index (κ3) is 4.90. The number of urea groups is 1. The van der Waals surface area contributed by atoms with Gasteiger partial charge in [-0.2, -0.15) is 0 Å². The number of ether oxygens (including phenoxy) is 1. The summed E-state index contributed by atoms with van der Waals surface area (Å²) >= 11 is 0. The Balaban J connectivity index is 1.33. The van der Waals surface area contributed by atoms with E-state index in [-0.39, 0.29) is 17.9 Å². The maximum Gasteiger partial charge on any atom is 0.319 e. The van der Waals surface area contributed by atoms with Crippen LogP contribution in [0.1, 0.15) is 31.2 Å². The Labute approximate surface area is 155 Å². The molecule has 0 saturated carbocycles. The van der Waals surface area contributed by atoms with E-state index in [0.29, 0.717) is 26.2 Å². The normalized spacial score (nSPS) is 18.0. The van der Waals surface area contributed by atoms with Crippen molar-refractivity contribution in [1.82, 2.24) is 15.1 Å². The molecule has 0 spiro atoms. The van der Waals surface area contributed by atoms with E-state index >= 15 is 0 Å². The highest BCUT2D eigenvalue weighted by Crippen LogP contribution is 2.20. The monoisotopic (exact) mass is 359 g/mol. The van der Waals surface area contributed by atoms with Gasteiger partial charge in [0.1, 0.15) is 12.4 Å². The standard InChI is InChI=1S/C20H29N3O3/c1-16-4-6-18(7-5-16)26-15-10-21-19(24)17-8-13-23(14-9-17)20(25)22-11-2-3-12-22/h4-7,17H,2-3,8-15H2,1H3,(H,21,24). The molecule has 0 unspecified atom stereocenters. The number of amides is 3. The molecule has 2 aliphatic heterocycles. The third-order valence-electron chi connectivity index (χ3n) is 5.20. The van der Waals surface area contributed by atoms with E-state index in [4.69, 9.17) is 4.74 Å². The van der Waals surface area contributed by atoms with Crippen LogP contribution in [0, 0.1) is 12.8 Å². The van der Waals surface area contributed by atoms with Gasteiger partial charge in [0, 0.05) is 32.1 Å². The number of nitrogens with zero attached hydrogens (tertiary/aromatic N) is 2. The molecule has 0 radical (unpaired) electrons. The second-order valence-electron chi connectivity index (χ2n) is 7.19. The predicted octanol–water partition coefficient (Wildman–Crippen LogP) is 2.42. The van der Waals surface area contributed by atoms with Crippen LogP contribution in [0.3, 0.4) is 0 Å². The summed E-state index contributed by atoms with van der Waals surface area (Å²) in [6, 6.07) is 8.03. The van der Waals surface area contributed by atoms with Crippen LogP contribution in [0.25, 0.3) is 0 Å². The van der Waals surface area contributed by atoms with Crippen LogP contribution in [0.2, 0.25) is 0 Å². The molecule has 0 bridgehead atoms. The number of hydrogen-bond donors (Lipinski definition) is 1. The summed E-state index contributed by atoms with van der Waals surface area (Å²) < 4.78 is 5.63. The van der Waals surface area contributed by atoms with E-state index in [1.165, 1.54) is 5.56 Å². The fourth-order valence-electron chi connectivity index (χ4n) is 3.56. The van der Waals surface area contributed by atoms with Gasteiger partial charge in [-0.1, -0.05) is 17.7 Å².